The van der Waals surface area contributed by atoms with Crippen LogP contribution in [0.5, 0.6) is 0 Å². The standard InChI is InChI=1S/C11H11FN4/c12-8-1-3-9(4-2-8)15-10-5-6-14-11(7-13)16-10/h1-6H,7,13H2,(H,14,15,16). The lowest BCUT2D eigenvalue weighted by atomic mass is 10.3. The number of halogens is 1. The van der Waals surface area contributed by atoms with Gasteiger partial charge < -0.3 is 11.1 Å². The van der Waals surface area contributed by atoms with Gasteiger partial charge in [0.15, 0.2) is 0 Å². The summed E-state index contributed by atoms with van der Waals surface area (Å²) < 4.78 is 12.7. The zero-order chi connectivity index (χ0) is 11.4. The zero-order valence-electron chi connectivity index (χ0n) is 8.52. The van der Waals surface area contributed by atoms with Crippen LogP contribution >= 0.6 is 0 Å². The first-order valence-electron chi connectivity index (χ1n) is 4.82. The molecule has 0 bridgehead atoms. The Bertz CT molecular complexity index is 470. The van der Waals surface area contributed by atoms with Gasteiger partial charge in [0.25, 0.3) is 0 Å². The van der Waals surface area contributed by atoms with Crippen LogP contribution in [-0.2, 0) is 6.54 Å². The number of hydrogen-bond acceptors (Lipinski definition) is 4. The first-order chi connectivity index (χ1) is 7.78. The Morgan fingerprint density at radius 1 is 1.19 bits per heavy atom. The first kappa shape index (κ1) is 10.5. The Hall–Kier alpha value is -2.01. The monoisotopic (exact) mass is 218 g/mol. The molecule has 0 saturated heterocycles. The molecule has 0 fully saturated rings. The Morgan fingerprint density at radius 3 is 2.62 bits per heavy atom. The molecule has 2 aromatic rings. The summed E-state index contributed by atoms with van der Waals surface area (Å²) in [5.74, 6) is 0.935. The van der Waals surface area contributed by atoms with Crippen molar-refractivity contribution in [3.05, 3.63) is 48.2 Å². The van der Waals surface area contributed by atoms with Crippen molar-refractivity contribution >= 4 is 11.5 Å². The molecule has 0 spiro atoms. The molecular weight excluding hydrogens is 207 g/mol. The number of nitrogens with two attached hydrogens (primary N) is 1. The van der Waals surface area contributed by atoms with Crippen molar-refractivity contribution in [3.8, 4) is 0 Å². The Kier molecular flexibility index (Phi) is 3.07. The van der Waals surface area contributed by atoms with Crippen molar-refractivity contribution in [1.29, 1.82) is 0 Å². The molecule has 82 valence electrons. The van der Waals surface area contributed by atoms with E-state index in [2.05, 4.69) is 15.3 Å². The van der Waals surface area contributed by atoms with Gasteiger partial charge in [0.2, 0.25) is 0 Å². The summed E-state index contributed by atoms with van der Waals surface area (Å²) in [5.41, 5.74) is 6.20. The van der Waals surface area contributed by atoms with E-state index in [1.54, 1.807) is 24.4 Å². The van der Waals surface area contributed by atoms with E-state index in [1.807, 2.05) is 0 Å². The molecule has 1 heterocycles. The third kappa shape index (κ3) is 2.52. The minimum atomic E-state index is -0.268. The number of hydrogen-bond donors (Lipinski definition) is 2. The highest BCUT2D eigenvalue weighted by molar-refractivity contribution is 5.55. The van der Waals surface area contributed by atoms with Gasteiger partial charge in [-0.2, -0.15) is 0 Å². The van der Waals surface area contributed by atoms with Crippen LogP contribution in [0.4, 0.5) is 15.9 Å². The molecule has 3 N–H and O–H groups in total. The third-order valence-corrected chi connectivity index (χ3v) is 2.00. The van der Waals surface area contributed by atoms with Crippen molar-refractivity contribution in [1.82, 2.24) is 9.97 Å². The molecule has 1 aromatic heterocycles. The second-order valence-corrected chi connectivity index (χ2v) is 3.19. The van der Waals surface area contributed by atoms with Crippen LogP contribution in [0.1, 0.15) is 5.82 Å². The molecule has 0 aliphatic rings. The summed E-state index contributed by atoms with van der Waals surface area (Å²) in [7, 11) is 0. The molecule has 0 radical (unpaired) electrons. The van der Waals surface area contributed by atoms with E-state index in [0.29, 0.717) is 18.2 Å². The summed E-state index contributed by atoms with van der Waals surface area (Å²) in [6, 6.07) is 7.77. The van der Waals surface area contributed by atoms with Crippen molar-refractivity contribution in [2.24, 2.45) is 5.73 Å². The maximum Gasteiger partial charge on any atom is 0.144 e. The SMILES string of the molecule is NCc1nccc(Nc2ccc(F)cc2)n1. The van der Waals surface area contributed by atoms with Gasteiger partial charge in [-0.1, -0.05) is 0 Å². The smallest absolute Gasteiger partial charge is 0.144 e. The Labute approximate surface area is 92.3 Å². The fourth-order valence-corrected chi connectivity index (χ4v) is 1.25. The van der Waals surface area contributed by atoms with Crippen molar-refractivity contribution < 1.29 is 4.39 Å². The molecular formula is C11H11FN4. The predicted molar refractivity (Wildman–Crippen MR) is 59.6 cm³/mol. The van der Waals surface area contributed by atoms with Crippen LogP contribution in [0.15, 0.2) is 36.5 Å². The average molecular weight is 218 g/mol. The van der Waals surface area contributed by atoms with Gasteiger partial charge in [-0.05, 0) is 30.3 Å². The molecule has 0 aliphatic heterocycles. The van der Waals surface area contributed by atoms with E-state index in [4.69, 9.17) is 5.73 Å². The highest BCUT2D eigenvalue weighted by Crippen LogP contribution is 2.14. The molecule has 2 rings (SSSR count). The maximum absolute atomic E-state index is 12.7. The van der Waals surface area contributed by atoms with Crippen LogP contribution in [-0.4, -0.2) is 9.97 Å². The fourth-order valence-electron chi connectivity index (χ4n) is 1.25. The summed E-state index contributed by atoms with van der Waals surface area (Å²) >= 11 is 0. The number of anilines is 2. The number of rotatable bonds is 3. The van der Waals surface area contributed by atoms with E-state index in [-0.39, 0.29) is 5.82 Å². The number of nitrogens with zero attached hydrogens (tertiary/aromatic N) is 2. The topological polar surface area (TPSA) is 63.8 Å². The van der Waals surface area contributed by atoms with Gasteiger partial charge in [-0.3, -0.25) is 0 Å². The number of benzene rings is 1. The molecule has 4 nitrogen and oxygen atoms in total. The first-order valence-corrected chi connectivity index (χ1v) is 4.82. The Morgan fingerprint density at radius 2 is 1.94 bits per heavy atom. The van der Waals surface area contributed by atoms with Crippen molar-refractivity contribution in [2.45, 2.75) is 6.54 Å². The minimum absolute atomic E-state index is 0.268. The van der Waals surface area contributed by atoms with Crippen LogP contribution in [0.2, 0.25) is 0 Å². The van der Waals surface area contributed by atoms with Gasteiger partial charge in [-0.15, -0.1) is 0 Å². The van der Waals surface area contributed by atoms with Gasteiger partial charge in [0.1, 0.15) is 17.5 Å². The molecule has 0 aliphatic carbocycles. The summed E-state index contributed by atoms with van der Waals surface area (Å²) in [4.78, 5) is 8.15. The van der Waals surface area contributed by atoms with E-state index < -0.39 is 0 Å². The maximum atomic E-state index is 12.7. The quantitative estimate of drug-likeness (QED) is 0.824. The second-order valence-electron chi connectivity index (χ2n) is 3.19. The lowest BCUT2D eigenvalue weighted by Crippen LogP contribution is -2.04. The van der Waals surface area contributed by atoms with E-state index >= 15 is 0 Å². The number of nitrogens with one attached hydrogen (secondary N) is 1. The highest BCUT2D eigenvalue weighted by atomic mass is 19.1. The molecule has 1 aromatic carbocycles. The molecule has 0 saturated carbocycles. The molecule has 0 unspecified atom stereocenters. The van der Waals surface area contributed by atoms with Crippen LogP contribution in [0.3, 0.4) is 0 Å². The lowest BCUT2D eigenvalue weighted by Gasteiger charge is -2.05. The minimum Gasteiger partial charge on any atom is -0.340 e. The van der Waals surface area contributed by atoms with Crippen LogP contribution < -0.4 is 11.1 Å². The zero-order valence-corrected chi connectivity index (χ0v) is 8.52. The molecule has 0 atom stereocenters. The van der Waals surface area contributed by atoms with Crippen molar-refractivity contribution in [3.63, 3.8) is 0 Å². The average Bonchev–Trinajstić information content (AvgIpc) is 2.32. The Balaban J connectivity index is 2.16. The fraction of sp³-hybridized carbons (Fsp3) is 0.0909. The molecule has 0 amide bonds. The largest absolute Gasteiger partial charge is 0.340 e. The van der Waals surface area contributed by atoms with E-state index in [9.17, 15) is 4.39 Å². The second kappa shape index (κ2) is 4.67. The summed E-state index contributed by atoms with van der Waals surface area (Å²) in [5, 5.41) is 3.03. The van der Waals surface area contributed by atoms with E-state index in [0.717, 1.165) is 5.69 Å². The molecule has 5 heteroatoms. The van der Waals surface area contributed by atoms with Gasteiger partial charge in [0, 0.05) is 11.9 Å². The summed E-state index contributed by atoms with van der Waals surface area (Å²) in [6.45, 7) is 0.291. The lowest BCUT2D eigenvalue weighted by molar-refractivity contribution is 0.628. The highest BCUT2D eigenvalue weighted by Gasteiger charge is 1.98. The van der Waals surface area contributed by atoms with Gasteiger partial charge >= 0.3 is 0 Å². The molecule has 16 heavy (non-hydrogen) atoms. The van der Waals surface area contributed by atoms with Crippen LogP contribution in [0, 0.1) is 5.82 Å². The third-order valence-electron chi connectivity index (χ3n) is 2.00. The van der Waals surface area contributed by atoms with Crippen LogP contribution in [0.25, 0.3) is 0 Å². The van der Waals surface area contributed by atoms with Gasteiger partial charge in [0.05, 0.1) is 6.54 Å². The predicted octanol–water partition coefficient (Wildman–Crippen LogP) is 1.82. The normalized spacial score (nSPS) is 10.1. The number of aromatic nitrogens is 2. The van der Waals surface area contributed by atoms with Crippen molar-refractivity contribution in [2.75, 3.05) is 5.32 Å². The summed E-state index contributed by atoms with van der Waals surface area (Å²) in [6.07, 6.45) is 1.63. The van der Waals surface area contributed by atoms with E-state index in [1.165, 1.54) is 12.1 Å². The van der Waals surface area contributed by atoms with Gasteiger partial charge in [-0.25, -0.2) is 14.4 Å².